The Labute approximate surface area is 120 Å². The number of sulfonamides is 1. The summed E-state index contributed by atoms with van der Waals surface area (Å²) in [5.74, 6) is 0. The van der Waals surface area contributed by atoms with Crippen molar-refractivity contribution in [2.24, 2.45) is 0 Å². The van der Waals surface area contributed by atoms with E-state index >= 15 is 0 Å². The van der Waals surface area contributed by atoms with E-state index in [1.54, 1.807) is 28.6 Å². The van der Waals surface area contributed by atoms with Crippen LogP contribution >= 0.6 is 0 Å². The molecule has 6 heteroatoms. The van der Waals surface area contributed by atoms with E-state index in [1.807, 2.05) is 14.0 Å². The third-order valence-electron chi connectivity index (χ3n) is 3.72. The van der Waals surface area contributed by atoms with Crippen LogP contribution in [0.15, 0.2) is 29.2 Å². The van der Waals surface area contributed by atoms with Crippen molar-refractivity contribution in [1.29, 1.82) is 0 Å². The van der Waals surface area contributed by atoms with Crippen LogP contribution in [0.1, 0.15) is 18.9 Å². The van der Waals surface area contributed by atoms with Crippen molar-refractivity contribution in [1.82, 2.24) is 9.21 Å². The number of aliphatic hydroxyl groups is 1. The molecule has 0 aliphatic carbocycles. The number of hydrogen-bond donors (Lipinski definition) is 1. The molecule has 20 heavy (non-hydrogen) atoms. The van der Waals surface area contributed by atoms with E-state index in [0.29, 0.717) is 12.1 Å². The zero-order valence-electron chi connectivity index (χ0n) is 12.0. The second kappa shape index (κ2) is 6.22. The van der Waals surface area contributed by atoms with Gasteiger partial charge in [-0.2, -0.15) is 4.31 Å². The molecule has 0 bridgehead atoms. The lowest BCUT2D eigenvalue weighted by atomic mass is 10.2. The van der Waals surface area contributed by atoms with E-state index in [0.717, 1.165) is 19.5 Å². The Morgan fingerprint density at radius 3 is 2.70 bits per heavy atom. The molecular weight excluding hydrogens is 276 g/mol. The molecule has 5 nitrogen and oxygen atoms in total. The number of aliphatic hydroxyl groups excluding tert-OH is 1. The first kappa shape index (κ1) is 15.4. The first-order valence-electron chi connectivity index (χ1n) is 6.86. The summed E-state index contributed by atoms with van der Waals surface area (Å²) in [5, 5.41) is 9.35. The minimum absolute atomic E-state index is 0.0701. The maximum atomic E-state index is 12.8. The minimum Gasteiger partial charge on any atom is -0.392 e. The van der Waals surface area contributed by atoms with Crippen molar-refractivity contribution in [3.63, 3.8) is 0 Å². The molecule has 112 valence electrons. The molecule has 2 rings (SSSR count). The largest absolute Gasteiger partial charge is 0.392 e. The standard InChI is InChI=1S/C14H22N2O3S/c1-12-10-15(2)8-5-9-16(12)20(18,19)14-7-4-3-6-13(14)11-17/h3-4,6-7,12,17H,5,8-11H2,1-2H3. The molecule has 1 aromatic carbocycles. The van der Waals surface area contributed by atoms with Crippen LogP contribution in [-0.2, 0) is 16.6 Å². The highest BCUT2D eigenvalue weighted by Crippen LogP contribution is 2.24. The molecule has 1 aliphatic heterocycles. The fourth-order valence-corrected chi connectivity index (χ4v) is 4.60. The van der Waals surface area contributed by atoms with Crippen molar-refractivity contribution in [3.05, 3.63) is 29.8 Å². The van der Waals surface area contributed by atoms with Gasteiger partial charge in [0, 0.05) is 19.1 Å². The summed E-state index contributed by atoms with van der Waals surface area (Å²) in [6.45, 7) is 3.81. The smallest absolute Gasteiger partial charge is 0.243 e. The predicted molar refractivity (Wildman–Crippen MR) is 77.8 cm³/mol. The molecule has 1 unspecified atom stereocenters. The van der Waals surface area contributed by atoms with Crippen molar-refractivity contribution >= 4 is 10.0 Å². The van der Waals surface area contributed by atoms with Gasteiger partial charge in [0.2, 0.25) is 10.0 Å². The Morgan fingerprint density at radius 1 is 1.30 bits per heavy atom. The number of hydrogen-bond acceptors (Lipinski definition) is 4. The normalized spacial score (nSPS) is 22.6. The Kier molecular flexibility index (Phi) is 4.80. The van der Waals surface area contributed by atoms with Crippen LogP contribution in [0.5, 0.6) is 0 Å². The number of benzene rings is 1. The minimum atomic E-state index is -3.55. The molecule has 0 amide bonds. The van der Waals surface area contributed by atoms with Gasteiger partial charge in [0.15, 0.2) is 0 Å². The van der Waals surface area contributed by atoms with Crippen LogP contribution in [0.3, 0.4) is 0 Å². The first-order chi connectivity index (χ1) is 9.46. The van der Waals surface area contributed by atoms with Gasteiger partial charge in [0.05, 0.1) is 11.5 Å². The third kappa shape index (κ3) is 3.03. The lowest BCUT2D eigenvalue weighted by molar-refractivity contribution is 0.275. The van der Waals surface area contributed by atoms with Crippen LogP contribution in [0.25, 0.3) is 0 Å². The summed E-state index contributed by atoms with van der Waals surface area (Å²) in [6.07, 6.45) is 0.821. The van der Waals surface area contributed by atoms with Crippen LogP contribution < -0.4 is 0 Å². The molecule has 0 aromatic heterocycles. The molecule has 0 radical (unpaired) electrons. The number of likely N-dealkylation sites (N-methyl/N-ethyl adjacent to an activating group) is 1. The van der Waals surface area contributed by atoms with Crippen molar-refractivity contribution in [2.75, 3.05) is 26.7 Å². The van der Waals surface area contributed by atoms with Gasteiger partial charge >= 0.3 is 0 Å². The van der Waals surface area contributed by atoms with Gasteiger partial charge in [-0.15, -0.1) is 0 Å². The highest BCUT2D eigenvalue weighted by atomic mass is 32.2. The molecule has 1 saturated heterocycles. The Hall–Kier alpha value is -0.950. The summed E-state index contributed by atoms with van der Waals surface area (Å²) < 4.78 is 27.2. The first-order valence-corrected chi connectivity index (χ1v) is 8.30. The van der Waals surface area contributed by atoms with Gasteiger partial charge in [-0.25, -0.2) is 8.42 Å². The van der Waals surface area contributed by atoms with Gasteiger partial charge in [-0.3, -0.25) is 0 Å². The van der Waals surface area contributed by atoms with Crippen LogP contribution in [0.2, 0.25) is 0 Å². The van der Waals surface area contributed by atoms with Gasteiger partial charge in [-0.05, 0) is 38.6 Å². The predicted octanol–water partition coefficient (Wildman–Crippen LogP) is 0.894. The second-order valence-electron chi connectivity index (χ2n) is 5.35. The number of rotatable bonds is 3. The van der Waals surface area contributed by atoms with Crippen molar-refractivity contribution in [2.45, 2.75) is 30.9 Å². The van der Waals surface area contributed by atoms with Gasteiger partial charge in [0.25, 0.3) is 0 Å². The fourth-order valence-electron chi connectivity index (χ4n) is 2.72. The van der Waals surface area contributed by atoms with E-state index in [4.69, 9.17) is 0 Å². The fraction of sp³-hybridized carbons (Fsp3) is 0.571. The average Bonchev–Trinajstić information content (AvgIpc) is 2.59. The summed E-state index contributed by atoms with van der Waals surface area (Å²) in [5.41, 5.74) is 0.456. The Bertz CT molecular complexity index is 559. The molecule has 1 atom stereocenters. The van der Waals surface area contributed by atoms with E-state index in [-0.39, 0.29) is 17.5 Å². The van der Waals surface area contributed by atoms with E-state index < -0.39 is 10.0 Å². The van der Waals surface area contributed by atoms with Gasteiger partial charge in [0.1, 0.15) is 0 Å². The second-order valence-corrected chi connectivity index (χ2v) is 7.21. The Morgan fingerprint density at radius 2 is 2.00 bits per heavy atom. The topological polar surface area (TPSA) is 60.9 Å². The number of nitrogens with zero attached hydrogens (tertiary/aromatic N) is 2. The zero-order valence-corrected chi connectivity index (χ0v) is 12.8. The van der Waals surface area contributed by atoms with Gasteiger partial charge < -0.3 is 10.0 Å². The summed E-state index contributed by atoms with van der Waals surface area (Å²) in [6, 6.07) is 6.59. The monoisotopic (exact) mass is 298 g/mol. The van der Waals surface area contributed by atoms with Crippen LogP contribution in [0, 0.1) is 0 Å². The lowest BCUT2D eigenvalue weighted by Gasteiger charge is -2.27. The van der Waals surface area contributed by atoms with Crippen LogP contribution in [0.4, 0.5) is 0 Å². The molecular formula is C14H22N2O3S. The maximum absolute atomic E-state index is 12.8. The van der Waals surface area contributed by atoms with Gasteiger partial charge in [-0.1, -0.05) is 18.2 Å². The molecule has 1 N–H and O–H groups in total. The Balaban J connectivity index is 2.38. The average molecular weight is 298 g/mol. The van der Waals surface area contributed by atoms with E-state index in [1.165, 1.54) is 0 Å². The van der Waals surface area contributed by atoms with Crippen molar-refractivity contribution < 1.29 is 13.5 Å². The summed E-state index contributed by atoms with van der Waals surface area (Å²) in [4.78, 5) is 2.37. The highest BCUT2D eigenvalue weighted by Gasteiger charge is 2.32. The van der Waals surface area contributed by atoms with E-state index in [2.05, 4.69) is 4.90 Å². The zero-order chi connectivity index (χ0) is 14.8. The SMILES string of the molecule is CC1CN(C)CCCN1S(=O)(=O)c1ccccc1CO. The molecule has 0 saturated carbocycles. The van der Waals surface area contributed by atoms with Crippen molar-refractivity contribution in [3.8, 4) is 0 Å². The maximum Gasteiger partial charge on any atom is 0.243 e. The quantitative estimate of drug-likeness (QED) is 0.900. The summed E-state index contributed by atoms with van der Waals surface area (Å²) in [7, 11) is -1.55. The highest BCUT2D eigenvalue weighted by molar-refractivity contribution is 7.89. The third-order valence-corrected chi connectivity index (χ3v) is 5.83. The molecule has 1 aromatic rings. The summed E-state index contributed by atoms with van der Waals surface area (Å²) >= 11 is 0. The molecule has 1 fully saturated rings. The molecule has 0 spiro atoms. The molecule has 1 heterocycles. The lowest BCUT2D eigenvalue weighted by Crippen LogP contribution is -2.42. The van der Waals surface area contributed by atoms with Crippen LogP contribution in [-0.4, -0.2) is 55.5 Å². The van der Waals surface area contributed by atoms with E-state index in [9.17, 15) is 13.5 Å². The molecule has 1 aliphatic rings.